The van der Waals surface area contributed by atoms with Crippen LogP contribution in [0.2, 0.25) is 0 Å². The molecule has 0 radical (unpaired) electrons. The van der Waals surface area contributed by atoms with Crippen LogP contribution in [0.15, 0.2) is 12.4 Å². The van der Waals surface area contributed by atoms with E-state index in [1.54, 1.807) is 0 Å². The highest BCUT2D eigenvalue weighted by molar-refractivity contribution is 5.29. The van der Waals surface area contributed by atoms with E-state index in [1.807, 2.05) is 12.4 Å². The summed E-state index contributed by atoms with van der Waals surface area (Å²) in [5.74, 6) is 1.29. The van der Waals surface area contributed by atoms with Gasteiger partial charge in [-0.15, -0.1) is 0 Å². The second-order valence-electron chi connectivity index (χ2n) is 4.18. The molecule has 3 rings (SSSR count). The van der Waals surface area contributed by atoms with Gasteiger partial charge in [0.15, 0.2) is 0 Å². The molecule has 68 valence electrons. The Balaban J connectivity index is 2.09. The van der Waals surface area contributed by atoms with E-state index < -0.39 is 0 Å². The maximum Gasteiger partial charge on any atom is 0.0666 e. The fourth-order valence-electron chi connectivity index (χ4n) is 2.70. The number of likely N-dealkylation sites (tertiary alicyclic amines) is 1. The second-order valence-corrected chi connectivity index (χ2v) is 4.18. The van der Waals surface area contributed by atoms with Gasteiger partial charge >= 0.3 is 0 Å². The van der Waals surface area contributed by atoms with Crippen molar-refractivity contribution in [2.75, 3.05) is 20.1 Å². The zero-order valence-electron chi connectivity index (χ0n) is 7.77. The predicted octanol–water partition coefficient (Wildman–Crippen LogP) is 0.993. The van der Waals surface area contributed by atoms with Gasteiger partial charge in [-0.2, -0.15) is 0 Å². The molecular weight excluding hydrogens is 162 g/mol. The van der Waals surface area contributed by atoms with Crippen molar-refractivity contribution in [1.82, 2.24) is 14.9 Å². The first kappa shape index (κ1) is 7.44. The van der Waals surface area contributed by atoms with E-state index in [2.05, 4.69) is 21.9 Å². The third-order valence-corrected chi connectivity index (χ3v) is 3.16. The molecular formula is C10H13N3. The summed E-state index contributed by atoms with van der Waals surface area (Å²) in [7, 11) is 2.19. The number of fused-ring (bicyclic) bond motifs is 5. The molecule has 0 spiro atoms. The molecule has 0 aromatic carbocycles. The number of rotatable bonds is 0. The summed E-state index contributed by atoms with van der Waals surface area (Å²) >= 11 is 0. The average molecular weight is 175 g/mol. The molecule has 1 aromatic rings. The highest BCUT2D eigenvalue weighted by Gasteiger charge is 2.38. The normalized spacial score (nSPS) is 31.8. The van der Waals surface area contributed by atoms with Gasteiger partial charge in [0, 0.05) is 37.3 Å². The van der Waals surface area contributed by atoms with Crippen LogP contribution in [0.3, 0.4) is 0 Å². The van der Waals surface area contributed by atoms with E-state index >= 15 is 0 Å². The van der Waals surface area contributed by atoms with Gasteiger partial charge < -0.3 is 4.90 Å². The van der Waals surface area contributed by atoms with E-state index in [-0.39, 0.29) is 0 Å². The van der Waals surface area contributed by atoms with Crippen molar-refractivity contribution in [3.8, 4) is 0 Å². The SMILES string of the molecule is CN1CC2C[C@H](C1)c1nccnc12. The quantitative estimate of drug-likeness (QED) is 0.589. The topological polar surface area (TPSA) is 29.0 Å². The van der Waals surface area contributed by atoms with Gasteiger partial charge in [0.05, 0.1) is 11.4 Å². The van der Waals surface area contributed by atoms with Gasteiger partial charge in [0.1, 0.15) is 0 Å². The summed E-state index contributed by atoms with van der Waals surface area (Å²) < 4.78 is 0. The Morgan fingerprint density at radius 1 is 1.15 bits per heavy atom. The van der Waals surface area contributed by atoms with Crippen molar-refractivity contribution >= 4 is 0 Å². The van der Waals surface area contributed by atoms with Gasteiger partial charge in [0.2, 0.25) is 0 Å². The second kappa shape index (κ2) is 2.51. The largest absolute Gasteiger partial charge is 0.305 e. The van der Waals surface area contributed by atoms with E-state index in [0.29, 0.717) is 11.8 Å². The molecule has 0 amide bonds. The Hall–Kier alpha value is -0.960. The molecule has 1 saturated heterocycles. The molecule has 13 heavy (non-hydrogen) atoms. The summed E-state index contributed by atoms with van der Waals surface area (Å²) in [5, 5.41) is 0. The van der Waals surface area contributed by atoms with Crippen molar-refractivity contribution < 1.29 is 0 Å². The molecule has 1 aromatic heterocycles. The van der Waals surface area contributed by atoms with Crippen LogP contribution < -0.4 is 0 Å². The minimum absolute atomic E-state index is 0.646. The zero-order chi connectivity index (χ0) is 8.84. The third kappa shape index (κ3) is 1.000. The molecule has 3 heteroatoms. The minimum Gasteiger partial charge on any atom is -0.305 e. The number of hydrogen-bond acceptors (Lipinski definition) is 3. The van der Waals surface area contributed by atoms with Crippen LogP contribution in [0, 0.1) is 0 Å². The van der Waals surface area contributed by atoms with Crippen LogP contribution >= 0.6 is 0 Å². The Morgan fingerprint density at radius 3 is 2.23 bits per heavy atom. The predicted molar refractivity (Wildman–Crippen MR) is 49.6 cm³/mol. The Kier molecular flexibility index (Phi) is 1.44. The number of aromatic nitrogens is 2. The van der Waals surface area contributed by atoms with E-state index in [1.165, 1.54) is 17.8 Å². The smallest absolute Gasteiger partial charge is 0.0666 e. The molecule has 1 aliphatic heterocycles. The fourth-order valence-corrected chi connectivity index (χ4v) is 2.70. The maximum absolute atomic E-state index is 4.45. The summed E-state index contributed by atoms with van der Waals surface area (Å²) in [6.45, 7) is 2.31. The summed E-state index contributed by atoms with van der Waals surface area (Å²) in [5.41, 5.74) is 2.52. The Labute approximate surface area is 77.8 Å². The molecule has 2 aliphatic rings. The van der Waals surface area contributed by atoms with Crippen molar-refractivity contribution in [3.63, 3.8) is 0 Å². The highest BCUT2D eigenvalue weighted by atomic mass is 15.1. The zero-order valence-corrected chi connectivity index (χ0v) is 7.77. The van der Waals surface area contributed by atoms with Gasteiger partial charge in [-0.1, -0.05) is 0 Å². The van der Waals surface area contributed by atoms with E-state index in [4.69, 9.17) is 0 Å². The lowest BCUT2D eigenvalue weighted by atomic mass is 9.98. The van der Waals surface area contributed by atoms with Gasteiger partial charge in [0.25, 0.3) is 0 Å². The molecule has 1 unspecified atom stereocenters. The first-order chi connectivity index (χ1) is 6.34. The molecule has 3 nitrogen and oxygen atoms in total. The third-order valence-electron chi connectivity index (χ3n) is 3.16. The van der Waals surface area contributed by atoms with Crippen LogP contribution in [-0.2, 0) is 0 Å². The minimum atomic E-state index is 0.646. The summed E-state index contributed by atoms with van der Waals surface area (Å²) in [4.78, 5) is 11.3. The first-order valence-electron chi connectivity index (χ1n) is 4.84. The van der Waals surface area contributed by atoms with Crippen molar-refractivity contribution in [2.24, 2.45) is 0 Å². The fraction of sp³-hybridized carbons (Fsp3) is 0.600. The summed E-state index contributed by atoms with van der Waals surface area (Å²) in [6.07, 6.45) is 4.91. The Bertz CT molecular complexity index is 302. The molecule has 1 fully saturated rings. The molecule has 0 N–H and O–H groups in total. The van der Waals surface area contributed by atoms with Crippen molar-refractivity contribution in [3.05, 3.63) is 23.8 Å². The number of likely N-dealkylation sites (N-methyl/N-ethyl adjacent to an activating group) is 1. The van der Waals surface area contributed by atoms with Crippen molar-refractivity contribution in [1.29, 1.82) is 0 Å². The van der Waals surface area contributed by atoms with Gasteiger partial charge in [-0.05, 0) is 13.5 Å². The van der Waals surface area contributed by atoms with E-state index in [9.17, 15) is 0 Å². The van der Waals surface area contributed by atoms with Crippen LogP contribution in [0.4, 0.5) is 0 Å². The van der Waals surface area contributed by atoms with Crippen LogP contribution in [0.25, 0.3) is 0 Å². The molecule has 2 heterocycles. The number of piperidine rings is 1. The standard InChI is InChI=1S/C10H13N3/c1-13-5-7-4-8(6-13)10-9(7)11-2-3-12-10/h2-3,7-8H,4-6H2,1H3/t7-,8?/m1/s1. The maximum atomic E-state index is 4.45. The van der Waals surface area contributed by atoms with Crippen LogP contribution in [-0.4, -0.2) is 35.0 Å². The highest BCUT2D eigenvalue weighted by Crippen LogP contribution is 2.42. The lowest BCUT2D eigenvalue weighted by molar-refractivity contribution is 0.243. The van der Waals surface area contributed by atoms with Crippen LogP contribution in [0.5, 0.6) is 0 Å². The van der Waals surface area contributed by atoms with Gasteiger partial charge in [-0.3, -0.25) is 9.97 Å². The first-order valence-corrected chi connectivity index (χ1v) is 4.84. The number of nitrogens with zero attached hydrogens (tertiary/aromatic N) is 3. The molecule has 0 saturated carbocycles. The number of hydrogen-bond donors (Lipinski definition) is 0. The van der Waals surface area contributed by atoms with Gasteiger partial charge in [-0.25, -0.2) is 0 Å². The lowest BCUT2D eigenvalue weighted by Gasteiger charge is -2.27. The van der Waals surface area contributed by atoms with Crippen LogP contribution in [0.1, 0.15) is 29.6 Å². The monoisotopic (exact) mass is 175 g/mol. The lowest BCUT2D eigenvalue weighted by Crippen LogP contribution is -2.31. The average Bonchev–Trinajstić information content (AvgIpc) is 2.41. The molecule has 1 aliphatic carbocycles. The Morgan fingerprint density at radius 2 is 1.69 bits per heavy atom. The van der Waals surface area contributed by atoms with Crippen molar-refractivity contribution in [2.45, 2.75) is 18.3 Å². The molecule has 2 atom stereocenters. The molecule has 2 bridgehead atoms. The summed E-state index contributed by atoms with van der Waals surface area (Å²) in [6, 6.07) is 0. The van der Waals surface area contributed by atoms with E-state index in [0.717, 1.165) is 13.1 Å².